The van der Waals surface area contributed by atoms with Crippen molar-refractivity contribution >= 4 is 23.2 Å². The number of oxazole rings is 1. The molecule has 2 amide bonds. The fourth-order valence-electron chi connectivity index (χ4n) is 4.28. The first-order valence-corrected chi connectivity index (χ1v) is 11.6. The number of ether oxygens (including phenoxy) is 1. The van der Waals surface area contributed by atoms with Gasteiger partial charge in [0.25, 0.3) is 0 Å². The van der Waals surface area contributed by atoms with Crippen LogP contribution in [-0.4, -0.2) is 67.1 Å². The molecule has 1 fully saturated rings. The smallest absolute Gasteiger partial charge is 0.313 e. The molecule has 9 heteroatoms. The molecule has 1 aromatic heterocycles. The van der Waals surface area contributed by atoms with Gasteiger partial charge in [0, 0.05) is 61.3 Å². The van der Waals surface area contributed by atoms with Crippen molar-refractivity contribution < 1.29 is 18.7 Å². The number of hydrogen-bond donors (Lipinski definition) is 2. The number of nitrogens with zero attached hydrogens (tertiary/aromatic N) is 3. The summed E-state index contributed by atoms with van der Waals surface area (Å²) in [7, 11) is 1.53. The first-order chi connectivity index (χ1) is 16.8. The maximum absolute atomic E-state index is 12.6. The Morgan fingerprint density at radius 3 is 2.46 bits per heavy atom. The number of nitrogens with one attached hydrogen (secondary N) is 2. The quantitative estimate of drug-likeness (QED) is 0.505. The second kappa shape index (κ2) is 10.6. The first kappa shape index (κ1) is 24.3. The minimum absolute atomic E-state index is 0.448. The fourth-order valence-corrected chi connectivity index (χ4v) is 4.28. The van der Waals surface area contributed by atoms with Crippen LogP contribution in [0.15, 0.2) is 65.6 Å². The highest BCUT2D eigenvalue weighted by Crippen LogP contribution is 2.31. The number of rotatable bonds is 7. The number of carbonyl (C=O) groups is 2. The molecule has 1 aliphatic heterocycles. The summed E-state index contributed by atoms with van der Waals surface area (Å²) in [5, 5.41) is 5.51. The normalized spacial score (nSPS) is 14.4. The lowest BCUT2D eigenvalue weighted by atomic mass is 10.0. The van der Waals surface area contributed by atoms with Crippen LogP contribution in [0.4, 0.5) is 11.4 Å². The molecule has 4 rings (SSSR count). The molecule has 0 saturated carbocycles. The van der Waals surface area contributed by atoms with Crippen molar-refractivity contribution in [1.29, 1.82) is 0 Å². The molecule has 0 atom stereocenters. The van der Waals surface area contributed by atoms with Crippen LogP contribution in [0.2, 0.25) is 0 Å². The highest BCUT2D eigenvalue weighted by atomic mass is 16.5. The van der Waals surface area contributed by atoms with Gasteiger partial charge < -0.3 is 24.7 Å². The minimum Gasteiger partial charge on any atom is -0.496 e. The van der Waals surface area contributed by atoms with Gasteiger partial charge in [-0.1, -0.05) is 18.2 Å². The molecule has 35 heavy (non-hydrogen) atoms. The van der Waals surface area contributed by atoms with E-state index in [1.807, 2.05) is 32.0 Å². The van der Waals surface area contributed by atoms with Crippen molar-refractivity contribution in [3.05, 3.63) is 61.2 Å². The largest absolute Gasteiger partial charge is 0.496 e. The molecule has 184 valence electrons. The second-order valence-corrected chi connectivity index (χ2v) is 9.18. The molecule has 0 spiro atoms. The van der Waals surface area contributed by atoms with Crippen molar-refractivity contribution in [3.8, 4) is 17.0 Å². The number of para-hydroxylation sites is 1. The zero-order chi connectivity index (χ0) is 24.8. The zero-order valence-electron chi connectivity index (χ0n) is 20.3. The van der Waals surface area contributed by atoms with E-state index >= 15 is 0 Å². The molecular weight excluding hydrogens is 446 g/mol. The first-order valence-electron chi connectivity index (χ1n) is 11.6. The van der Waals surface area contributed by atoms with Crippen LogP contribution in [0, 0.1) is 0 Å². The summed E-state index contributed by atoms with van der Waals surface area (Å²) in [4.78, 5) is 34.0. The molecule has 1 aliphatic rings. The number of aromatic nitrogens is 1. The van der Waals surface area contributed by atoms with Crippen LogP contribution in [0.3, 0.4) is 0 Å². The van der Waals surface area contributed by atoms with E-state index in [-0.39, 0.29) is 0 Å². The lowest BCUT2D eigenvalue weighted by molar-refractivity contribution is -0.137. The minimum atomic E-state index is -0.733. The second-order valence-electron chi connectivity index (χ2n) is 9.18. The van der Waals surface area contributed by atoms with Gasteiger partial charge in [-0.3, -0.25) is 14.5 Å². The number of carbonyl (C=O) groups excluding carboxylic acids is 2. The third-order valence-corrected chi connectivity index (χ3v) is 5.94. The van der Waals surface area contributed by atoms with Gasteiger partial charge in [-0.15, -0.1) is 0 Å². The van der Waals surface area contributed by atoms with Gasteiger partial charge >= 0.3 is 11.8 Å². The fraction of sp³-hybridized carbons (Fsp3) is 0.346. The third kappa shape index (κ3) is 6.19. The molecule has 0 radical (unpaired) electrons. The predicted molar refractivity (Wildman–Crippen MR) is 134 cm³/mol. The molecule has 2 aromatic carbocycles. The van der Waals surface area contributed by atoms with Crippen LogP contribution in [0.25, 0.3) is 11.3 Å². The lowest BCUT2D eigenvalue weighted by Gasteiger charge is -2.40. The van der Waals surface area contributed by atoms with E-state index in [1.165, 1.54) is 25.5 Å². The van der Waals surface area contributed by atoms with E-state index in [1.54, 1.807) is 18.2 Å². The number of methoxy groups -OCH3 is 1. The summed E-state index contributed by atoms with van der Waals surface area (Å²) < 4.78 is 10.4. The van der Waals surface area contributed by atoms with E-state index in [0.717, 1.165) is 31.7 Å². The average Bonchev–Trinajstić information content (AvgIpc) is 3.39. The molecule has 0 bridgehead atoms. The Bertz CT molecular complexity index is 1140. The van der Waals surface area contributed by atoms with Gasteiger partial charge in [0.2, 0.25) is 0 Å². The predicted octanol–water partition coefficient (Wildman–Crippen LogP) is 3.01. The summed E-state index contributed by atoms with van der Waals surface area (Å²) >= 11 is 0. The summed E-state index contributed by atoms with van der Waals surface area (Å²) in [5.74, 6) is -0.909. The molecular formula is C26H31N5O4. The van der Waals surface area contributed by atoms with Gasteiger partial charge in [0.15, 0.2) is 6.39 Å². The maximum atomic E-state index is 12.6. The van der Waals surface area contributed by atoms with Gasteiger partial charge in [-0.2, -0.15) is 0 Å². The standard InChI is InChI=1S/C26H31N5O4/c1-26(2,17-30-11-13-31(14-12-30)20-7-5-4-6-8-20)29-25(33)24(32)28-19-9-10-21(23(15-19)34-3)22-16-35-18-27-22/h4-10,15-16,18H,11-14,17H2,1-3H3,(H,28,32)(H,29,33). The Kier molecular flexibility index (Phi) is 7.36. The maximum Gasteiger partial charge on any atom is 0.313 e. The molecule has 9 nitrogen and oxygen atoms in total. The number of hydrogen-bond acceptors (Lipinski definition) is 7. The highest BCUT2D eigenvalue weighted by Gasteiger charge is 2.28. The summed E-state index contributed by atoms with van der Waals surface area (Å²) in [6.07, 6.45) is 2.84. The number of anilines is 2. The molecule has 0 aliphatic carbocycles. The summed E-state index contributed by atoms with van der Waals surface area (Å²) in [6, 6.07) is 15.4. The van der Waals surface area contributed by atoms with Crippen molar-refractivity contribution in [2.75, 3.05) is 50.1 Å². The highest BCUT2D eigenvalue weighted by molar-refractivity contribution is 6.39. The number of piperazine rings is 1. The van der Waals surface area contributed by atoms with E-state index < -0.39 is 17.4 Å². The Labute approximate surface area is 205 Å². The Morgan fingerprint density at radius 1 is 1.06 bits per heavy atom. The van der Waals surface area contributed by atoms with Crippen LogP contribution >= 0.6 is 0 Å². The van der Waals surface area contributed by atoms with Crippen LogP contribution < -0.4 is 20.3 Å². The molecule has 1 saturated heterocycles. The van der Waals surface area contributed by atoms with E-state index in [0.29, 0.717) is 23.7 Å². The molecule has 0 unspecified atom stereocenters. The Balaban J connectivity index is 1.29. The lowest BCUT2D eigenvalue weighted by Crippen LogP contribution is -2.57. The van der Waals surface area contributed by atoms with Gasteiger partial charge in [0.05, 0.1) is 7.11 Å². The van der Waals surface area contributed by atoms with Crippen LogP contribution in [-0.2, 0) is 9.59 Å². The van der Waals surface area contributed by atoms with Crippen molar-refractivity contribution in [1.82, 2.24) is 15.2 Å². The van der Waals surface area contributed by atoms with Crippen molar-refractivity contribution in [2.45, 2.75) is 19.4 Å². The van der Waals surface area contributed by atoms with Gasteiger partial charge in [0.1, 0.15) is 17.7 Å². The number of benzene rings is 2. The Hall–Kier alpha value is -3.85. The van der Waals surface area contributed by atoms with Gasteiger partial charge in [-0.25, -0.2) is 4.98 Å². The summed E-state index contributed by atoms with van der Waals surface area (Å²) in [5.41, 5.74) is 2.44. The van der Waals surface area contributed by atoms with E-state index in [4.69, 9.17) is 9.15 Å². The van der Waals surface area contributed by atoms with Gasteiger partial charge in [-0.05, 0) is 38.1 Å². The SMILES string of the molecule is COc1cc(NC(=O)C(=O)NC(C)(C)CN2CCN(c3ccccc3)CC2)ccc1-c1cocn1. The molecule has 2 heterocycles. The Morgan fingerprint density at radius 2 is 1.80 bits per heavy atom. The molecule has 3 aromatic rings. The topological polar surface area (TPSA) is 99.9 Å². The molecule has 2 N–H and O–H groups in total. The third-order valence-electron chi connectivity index (χ3n) is 5.94. The average molecular weight is 478 g/mol. The van der Waals surface area contributed by atoms with Crippen molar-refractivity contribution in [2.24, 2.45) is 0 Å². The zero-order valence-corrected chi connectivity index (χ0v) is 20.3. The van der Waals surface area contributed by atoms with Crippen LogP contribution in [0.1, 0.15) is 13.8 Å². The monoisotopic (exact) mass is 477 g/mol. The number of amides is 2. The van der Waals surface area contributed by atoms with Crippen LogP contribution in [0.5, 0.6) is 5.75 Å². The van der Waals surface area contributed by atoms with E-state index in [9.17, 15) is 9.59 Å². The van der Waals surface area contributed by atoms with Crippen molar-refractivity contribution in [3.63, 3.8) is 0 Å². The summed E-state index contributed by atoms with van der Waals surface area (Å²) in [6.45, 7) is 8.11. The van der Waals surface area contributed by atoms with E-state index in [2.05, 4.69) is 37.6 Å².